The number of benzene rings is 3. The van der Waals surface area contributed by atoms with Crippen LogP contribution in [0.25, 0.3) is 11.1 Å². The second-order valence-electron chi connectivity index (χ2n) is 8.66. The summed E-state index contributed by atoms with van der Waals surface area (Å²) in [6.45, 7) is 3.66. The first-order chi connectivity index (χ1) is 16.9. The van der Waals surface area contributed by atoms with Crippen LogP contribution in [0.2, 0.25) is 0 Å². The molecule has 6 nitrogen and oxygen atoms in total. The van der Waals surface area contributed by atoms with Gasteiger partial charge in [0.05, 0.1) is 22.7 Å². The Morgan fingerprint density at radius 3 is 2.50 bits per heavy atom. The van der Waals surface area contributed by atoms with Crippen molar-refractivity contribution >= 4 is 21.7 Å². The van der Waals surface area contributed by atoms with Crippen LogP contribution >= 0.6 is 0 Å². The zero-order valence-corrected chi connectivity index (χ0v) is 20.4. The Kier molecular flexibility index (Phi) is 6.74. The molecule has 0 fully saturated rings. The van der Waals surface area contributed by atoms with Crippen molar-refractivity contribution in [3.05, 3.63) is 77.4 Å². The number of halogens is 3. The average molecular weight is 520 g/mol. The minimum absolute atomic E-state index is 0.0299. The molecule has 4 rings (SSSR count). The molecule has 1 atom stereocenters. The summed E-state index contributed by atoms with van der Waals surface area (Å²) >= 11 is 0. The van der Waals surface area contributed by atoms with E-state index in [1.807, 2.05) is 32.0 Å². The number of rotatable bonds is 6. The number of ether oxygens (including phenoxy) is 1. The number of carbonyl (C=O) groups is 1. The number of hydrogen-bond donors (Lipinski definition) is 1. The summed E-state index contributed by atoms with van der Waals surface area (Å²) in [5.74, 6) is -0.858. The van der Waals surface area contributed by atoms with E-state index in [2.05, 4.69) is 0 Å². The predicted molar refractivity (Wildman–Crippen MR) is 129 cm³/mol. The van der Waals surface area contributed by atoms with Crippen molar-refractivity contribution in [3.8, 4) is 16.9 Å². The molecule has 0 bridgehead atoms. The number of anilines is 1. The minimum atomic E-state index is -4.71. The molecule has 0 amide bonds. The molecule has 190 valence electrons. The van der Waals surface area contributed by atoms with Crippen LogP contribution in [0.15, 0.2) is 65.6 Å². The first-order valence-corrected chi connectivity index (χ1v) is 12.6. The van der Waals surface area contributed by atoms with E-state index in [0.717, 1.165) is 39.2 Å². The molecule has 3 aromatic rings. The van der Waals surface area contributed by atoms with Crippen LogP contribution < -0.4 is 9.04 Å². The van der Waals surface area contributed by atoms with Crippen molar-refractivity contribution in [2.75, 3.05) is 10.8 Å². The Balaban J connectivity index is 1.83. The summed E-state index contributed by atoms with van der Waals surface area (Å²) in [5, 5.41) is 9.07. The Morgan fingerprint density at radius 2 is 1.81 bits per heavy atom. The summed E-state index contributed by atoms with van der Waals surface area (Å²) in [6, 6.07) is 14.3. The predicted octanol–water partition coefficient (Wildman–Crippen LogP) is 5.81. The third kappa shape index (κ3) is 5.04. The van der Waals surface area contributed by atoms with Gasteiger partial charge in [0.2, 0.25) is 0 Å². The number of nitrogens with zero attached hydrogens (tertiary/aromatic N) is 1. The van der Waals surface area contributed by atoms with Crippen molar-refractivity contribution in [2.24, 2.45) is 0 Å². The van der Waals surface area contributed by atoms with Gasteiger partial charge in [-0.15, -0.1) is 0 Å². The summed E-state index contributed by atoms with van der Waals surface area (Å²) in [5.41, 5.74) is 2.74. The third-order valence-electron chi connectivity index (χ3n) is 6.24. The maximum atomic E-state index is 13.7. The average Bonchev–Trinajstić information content (AvgIpc) is 2.83. The molecule has 1 N–H and O–H groups in total. The summed E-state index contributed by atoms with van der Waals surface area (Å²) < 4.78 is 74.2. The summed E-state index contributed by atoms with van der Waals surface area (Å²) in [4.78, 5) is 10.6. The van der Waals surface area contributed by atoms with E-state index >= 15 is 0 Å². The number of carboxylic acids is 1. The molecule has 0 spiro atoms. The van der Waals surface area contributed by atoms with Gasteiger partial charge in [0, 0.05) is 6.42 Å². The smallest absolute Gasteiger partial charge is 0.416 e. The Hall–Kier alpha value is -3.53. The SMILES string of the molecule is Cc1cccc(-c2ccc3c(c2)N(S(=O)(=O)c2cccc(C(F)(F)F)c2)C[C@H](CCC(=O)O)O3)c1C. The first-order valence-electron chi connectivity index (χ1n) is 11.2. The van der Waals surface area contributed by atoms with Crippen LogP contribution in [0.4, 0.5) is 18.9 Å². The van der Waals surface area contributed by atoms with Crippen molar-refractivity contribution in [1.29, 1.82) is 0 Å². The molecule has 10 heteroatoms. The molecule has 0 saturated heterocycles. The zero-order valence-electron chi connectivity index (χ0n) is 19.5. The van der Waals surface area contributed by atoms with E-state index in [0.29, 0.717) is 11.6 Å². The van der Waals surface area contributed by atoms with Gasteiger partial charge in [-0.25, -0.2) is 8.42 Å². The van der Waals surface area contributed by atoms with E-state index < -0.39 is 38.7 Å². The lowest BCUT2D eigenvalue weighted by molar-refractivity contribution is -0.138. The summed E-state index contributed by atoms with van der Waals surface area (Å²) in [7, 11) is -4.44. The first kappa shape index (κ1) is 25.6. The van der Waals surface area contributed by atoms with Gasteiger partial charge in [0.1, 0.15) is 11.9 Å². The number of hydrogen-bond acceptors (Lipinski definition) is 4. The highest BCUT2D eigenvalue weighted by molar-refractivity contribution is 7.92. The van der Waals surface area contributed by atoms with Crippen LogP contribution in [-0.4, -0.2) is 32.1 Å². The van der Waals surface area contributed by atoms with Gasteiger partial charge in [-0.1, -0.05) is 30.3 Å². The van der Waals surface area contributed by atoms with Gasteiger partial charge < -0.3 is 9.84 Å². The van der Waals surface area contributed by atoms with E-state index in [1.54, 1.807) is 18.2 Å². The number of carboxylic acid groups (broad SMARTS) is 1. The standard InChI is InChI=1S/C26H24F3NO5S/c1-16-5-3-8-22(17(16)2)18-9-11-24-23(13-18)30(15-20(35-24)10-12-25(31)32)36(33,34)21-7-4-6-19(14-21)26(27,28)29/h3-9,11,13-14,20H,10,12,15H2,1-2H3,(H,31,32)/t20-/m0/s1. The second kappa shape index (κ2) is 9.50. The Morgan fingerprint density at radius 1 is 1.08 bits per heavy atom. The van der Waals surface area contributed by atoms with Gasteiger partial charge in [-0.2, -0.15) is 13.2 Å². The zero-order chi connectivity index (χ0) is 26.3. The molecule has 3 aromatic carbocycles. The van der Waals surface area contributed by atoms with Gasteiger partial charge in [0.15, 0.2) is 0 Å². The van der Waals surface area contributed by atoms with Gasteiger partial charge in [0.25, 0.3) is 10.0 Å². The van der Waals surface area contributed by atoms with E-state index in [9.17, 15) is 26.4 Å². The fraction of sp³-hybridized carbons (Fsp3) is 0.269. The van der Waals surface area contributed by atoms with Gasteiger partial charge in [-0.05, 0) is 72.9 Å². The van der Waals surface area contributed by atoms with E-state index in [4.69, 9.17) is 9.84 Å². The van der Waals surface area contributed by atoms with Crippen molar-refractivity contribution in [1.82, 2.24) is 0 Å². The number of aliphatic carboxylic acids is 1. The lowest BCUT2D eigenvalue weighted by Crippen LogP contribution is -2.43. The fourth-order valence-corrected chi connectivity index (χ4v) is 5.71. The summed E-state index contributed by atoms with van der Waals surface area (Å²) in [6.07, 6.45) is -5.73. The highest BCUT2D eigenvalue weighted by Crippen LogP contribution is 2.42. The molecule has 0 aliphatic carbocycles. The largest absolute Gasteiger partial charge is 0.486 e. The molecule has 0 saturated carbocycles. The molecular weight excluding hydrogens is 495 g/mol. The topological polar surface area (TPSA) is 83.9 Å². The van der Waals surface area contributed by atoms with Crippen LogP contribution in [0.3, 0.4) is 0 Å². The van der Waals surface area contributed by atoms with Crippen molar-refractivity contribution in [3.63, 3.8) is 0 Å². The molecule has 1 aliphatic heterocycles. The van der Waals surface area contributed by atoms with Crippen molar-refractivity contribution in [2.45, 2.75) is 43.9 Å². The highest BCUT2D eigenvalue weighted by Gasteiger charge is 2.37. The maximum absolute atomic E-state index is 13.7. The van der Waals surface area contributed by atoms with Crippen LogP contribution in [0.5, 0.6) is 5.75 Å². The molecular formula is C26H24F3NO5S. The van der Waals surface area contributed by atoms with Crippen LogP contribution in [-0.2, 0) is 21.0 Å². The third-order valence-corrected chi connectivity index (χ3v) is 8.01. The number of aryl methyl sites for hydroxylation is 1. The quantitative estimate of drug-likeness (QED) is 0.444. The maximum Gasteiger partial charge on any atom is 0.416 e. The van der Waals surface area contributed by atoms with Gasteiger partial charge >= 0.3 is 12.1 Å². The lowest BCUT2D eigenvalue weighted by atomic mass is 9.96. The Labute approximate surface area is 207 Å². The molecule has 36 heavy (non-hydrogen) atoms. The van der Waals surface area contributed by atoms with Gasteiger partial charge in [-0.3, -0.25) is 9.10 Å². The molecule has 1 aliphatic rings. The van der Waals surface area contributed by atoms with E-state index in [-0.39, 0.29) is 30.8 Å². The lowest BCUT2D eigenvalue weighted by Gasteiger charge is -2.36. The normalized spacial score (nSPS) is 15.8. The van der Waals surface area contributed by atoms with Crippen LogP contribution in [0.1, 0.15) is 29.5 Å². The monoisotopic (exact) mass is 519 g/mol. The second-order valence-corrected chi connectivity index (χ2v) is 10.5. The fourth-order valence-electron chi connectivity index (χ4n) is 4.17. The molecule has 1 heterocycles. The van der Waals surface area contributed by atoms with E-state index in [1.165, 1.54) is 0 Å². The van der Waals surface area contributed by atoms with Crippen LogP contribution in [0, 0.1) is 13.8 Å². The number of sulfonamides is 1. The minimum Gasteiger partial charge on any atom is -0.486 e. The highest BCUT2D eigenvalue weighted by atomic mass is 32.2. The molecule has 0 unspecified atom stereocenters. The van der Waals surface area contributed by atoms with Crippen molar-refractivity contribution < 1.29 is 36.2 Å². The molecule has 0 aromatic heterocycles. The Bertz CT molecular complexity index is 1420. The number of alkyl halides is 3. The number of fused-ring (bicyclic) bond motifs is 1. The molecule has 0 radical (unpaired) electrons.